The number of aryl methyl sites for hydroxylation is 1. The molecule has 10 heteroatoms. The van der Waals surface area contributed by atoms with Crippen molar-refractivity contribution in [2.45, 2.75) is 18.4 Å². The number of nitrogens with zero attached hydrogens (tertiary/aromatic N) is 4. The number of fused-ring (bicyclic) bond motifs is 1. The van der Waals surface area contributed by atoms with Crippen molar-refractivity contribution >= 4 is 33.8 Å². The first kappa shape index (κ1) is 19.7. The van der Waals surface area contributed by atoms with Gasteiger partial charge in [-0.3, -0.25) is 14.5 Å². The summed E-state index contributed by atoms with van der Waals surface area (Å²) in [6.07, 6.45) is 5.06. The number of hydrogen-bond acceptors (Lipinski definition) is 6. The molecule has 4 aromatic rings. The minimum Gasteiger partial charge on any atom is -0.768 e. The fourth-order valence-corrected chi connectivity index (χ4v) is 3.40. The SMILES string of the molecule is Cc1cc(-n2ncc3cc(NC(=O)NCc4cccc(S(=O)[O-])c4)ncc32)ccn1. The van der Waals surface area contributed by atoms with Crippen molar-refractivity contribution in [3.8, 4) is 5.69 Å². The van der Waals surface area contributed by atoms with Crippen LogP contribution in [0.5, 0.6) is 0 Å². The van der Waals surface area contributed by atoms with Crippen molar-refractivity contribution in [3.63, 3.8) is 0 Å². The molecule has 3 aromatic heterocycles. The summed E-state index contributed by atoms with van der Waals surface area (Å²) in [6.45, 7) is 2.09. The predicted octanol–water partition coefficient (Wildman–Crippen LogP) is 2.68. The zero-order chi connectivity index (χ0) is 21.1. The van der Waals surface area contributed by atoms with Crippen molar-refractivity contribution in [1.82, 2.24) is 25.1 Å². The van der Waals surface area contributed by atoms with Crippen LogP contribution in [-0.2, 0) is 17.6 Å². The molecular weight excluding hydrogens is 404 g/mol. The molecule has 152 valence electrons. The molecule has 9 nitrogen and oxygen atoms in total. The van der Waals surface area contributed by atoms with Crippen LogP contribution in [0, 0.1) is 6.92 Å². The normalized spacial score (nSPS) is 11.9. The molecule has 2 amide bonds. The second-order valence-corrected chi connectivity index (χ2v) is 7.47. The van der Waals surface area contributed by atoms with Crippen molar-refractivity contribution in [2.24, 2.45) is 0 Å². The van der Waals surface area contributed by atoms with E-state index in [-0.39, 0.29) is 11.4 Å². The van der Waals surface area contributed by atoms with E-state index in [0.29, 0.717) is 11.4 Å². The third-order valence-electron chi connectivity index (χ3n) is 4.36. The summed E-state index contributed by atoms with van der Waals surface area (Å²) < 4.78 is 23.8. The highest BCUT2D eigenvalue weighted by Crippen LogP contribution is 2.20. The fourth-order valence-electron chi connectivity index (χ4n) is 2.96. The van der Waals surface area contributed by atoms with Crippen LogP contribution in [0.2, 0.25) is 0 Å². The van der Waals surface area contributed by atoms with Gasteiger partial charge in [0.25, 0.3) is 0 Å². The Bertz CT molecular complexity index is 1260. The molecular formula is C20H17N6O3S-. The quantitative estimate of drug-likeness (QED) is 0.477. The summed E-state index contributed by atoms with van der Waals surface area (Å²) in [6, 6.07) is 11.4. The molecule has 0 bridgehead atoms. The van der Waals surface area contributed by atoms with E-state index in [2.05, 4.69) is 25.7 Å². The average molecular weight is 421 g/mol. The number of rotatable bonds is 5. The Hall–Kier alpha value is -3.63. The van der Waals surface area contributed by atoms with Gasteiger partial charge in [-0.15, -0.1) is 0 Å². The monoisotopic (exact) mass is 421 g/mol. The van der Waals surface area contributed by atoms with Crippen LogP contribution >= 0.6 is 0 Å². The first-order valence-corrected chi connectivity index (χ1v) is 10.1. The van der Waals surface area contributed by atoms with Crippen LogP contribution in [0.15, 0.2) is 66.0 Å². The van der Waals surface area contributed by atoms with Gasteiger partial charge >= 0.3 is 6.03 Å². The lowest BCUT2D eigenvalue weighted by Gasteiger charge is -2.10. The first-order valence-electron chi connectivity index (χ1n) is 8.99. The van der Waals surface area contributed by atoms with E-state index < -0.39 is 17.1 Å². The maximum atomic E-state index is 12.2. The van der Waals surface area contributed by atoms with Gasteiger partial charge in [0.15, 0.2) is 0 Å². The molecule has 4 rings (SSSR count). The maximum Gasteiger partial charge on any atom is 0.320 e. The van der Waals surface area contributed by atoms with Gasteiger partial charge in [-0.25, -0.2) is 14.5 Å². The van der Waals surface area contributed by atoms with E-state index >= 15 is 0 Å². The summed E-state index contributed by atoms with van der Waals surface area (Å²) in [5.41, 5.74) is 3.23. The molecule has 0 saturated heterocycles. The van der Waals surface area contributed by atoms with E-state index in [1.165, 1.54) is 12.1 Å². The number of carbonyl (C=O) groups excluding carboxylic acids is 1. The van der Waals surface area contributed by atoms with Crippen LogP contribution in [0.25, 0.3) is 16.6 Å². The van der Waals surface area contributed by atoms with Gasteiger partial charge in [-0.1, -0.05) is 12.1 Å². The van der Waals surface area contributed by atoms with Gasteiger partial charge in [0.1, 0.15) is 5.82 Å². The van der Waals surface area contributed by atoms with Crippen molar-refractivity contribution in [1.29, 1.82) is 0 Å². The highest BCUT2D eigenvalue weighted by molar-refractivity contribution is 7.79. The van der Waals surface area contributed by atoms with Gasteiger partial charge in [-0.05, 0) is 53.9 Å². The summed E-state index contributed by atoms with van der Waals surface area (Å²) in [5.74, 6) is 0.375. The zero-order valence-corrected chi connectivity index (χ0v) is 16.7. The zero-order valence-electron chi connectivity index (χ0n) is 15.9. The topological polar surface area (TPSA) is 125 Å². The fraction of sp³-hybridized carbons (Fsp3) is 0.100. The maximum absolute atomic E-state index is 12.2. The van der Waals surface area contributed by atoms with Crippen molar-refractivity contribution < 1.29 is 13.6 Å². The van der Waals surface area contributed by atoms with Crippen LogP contribution in [0.3, 0.4) is 0 Å². The van der Waals surface area contributed by atoms with E-state index in [0.717, 1.165) is 22.3 Å². The Morgan fingerprint density at radius 2 is 2.03 bits per heavy atom. The van der Waals surface area contributed by atoms with Gasteiger partial charge in [0.05, 0.1) is 23.6 Å². The Morgan fingerprint density at radius 1 is 1.17 bits per heavy atom. The summed E-state index contributed by atoms with van der Waals surface area (Å²) in [7, 11) is 0. The van der Waals surface area contributed by atoms with E-state index in [4.69, 9.17) is 0 Å². The molecule has 0 aliphatic carbocycles. The summed E-state index contributed by atoms with van der Waals surface area (Å²) >= 11 is -2.31. The van der Waals surface area contributed by atoms with Crippen molar-refractivity contribution in [2.75, 3.05) is 5.32 Å². The molecule has 0 radical (unpaired) electrons. The minimum absolute atomic E-state index is 0.170. The predicted molar refractivity (Wildman–Crippen MR) is 111 cm³/mol. The number of anilines is 1. The number of aromatic nitrogens is 4. The van der Waals surface area contributed by atoms with Gasteiger partial charge in [0.2, 0.25) is 0 Å². The average Bonchev–Trinajstić information content (AvgIpc) is 3.16. The molecule has 0 aliphatic heterocycles. The van der Waals surface area contributed by atoms with E-state index in [1.807, 2.05) is 19.1 Å². The van der Waals surface area contributed by atoms with E-state index in [1.54, 1.807) is 41.5 Å². The minimum atomic E-state index is -2.31. The van der Waals surface area contributed by atoms with E-state index in [9.17, 15) is 13.6 Å². The molecule has 0 fully saturated rings. The van der Waals surface area contributed by atoms with Gasteiger partial charge < -0.3 is 9.87 Å². The number of nitrogens with one attached hydrogen (secondary N) is 2. The van der Waals surface area contributed by atoms with Crippen LogP contribution < -0.4 is 10.6 Å². The molecule has 1 atom stereocenters. The second kappa shape index (κ2) is 8.39. The number of amides is 2. The van der Waals surface area contributed by atoms with Gasteiger partial charge in [0, 0.05) is 28.7 Å². The summed E-state index contributed by atoms with van der Waals surface area (Å²) in [4.78, 5) is 20.8. The Morgan fingerprint density at radius 3 is 2.83 bits per heavy atom. The lowest BCUT2D eigenvalue weighted by Crippen LogP contribution is -2.28. The third kappa shape index (κ3) is 4.34. The first-order chi connectivity index (χ1) is 14.5. The Kier molecular flexibility index (Phi) is 5.50. The smallest absolute Gasteiger partial charge is 0.320 e. The molecule has 2 N–H and O–H groups in total. The highest BCUT2D eigenvalue weighted by Gasteiger charge is 2.09. The highest BCUT2D eigenvalue weighted by atomic mass is 32.2. The summed E-state index contributed by atoms with van der Waals surface area (Å²) in [5, 5.41) is 10.6. The number of carbonyl (C=O) groups is 1. The number of urea groups is 1. The van der Waals surface area contributed by atoms with Crippen molar-refractivity contribution in [3.05, 3.63) is 72.3 Å². The third-order valence-corrected chi connectivity index (χ3v) is 5.00. The molecule has 0 aliphatic rings. The molecule has 1 unspecified atom stereocenters. The Balaban J connectivity index is 1.44. The molecule has 0 saturated carbocycles. The number of hydrogen-bond donors (Lipinski definition) is 2. The molecule has 0 spiro atoms. The largest absolute Gasteiger partial charge is 0.768 e. The van der Waals surface area contributed by atoms with Crippen LogP contribution in [-0.4, -0.2) is 34.5 Å². The lowest BCUT2D eigenvalue weighted by atomic mass is 10.2. The van der Waals surface area contributed by atoms with Crippen LogP contribution in [0.4, 0.5) is 10.6 Å². The Labute approximate surface area is 174 Å². The molecule has 3 heterocycles. The van der Waals surface area contributed by atoms with Gasteiger partial charge in [-0.2, -0.15) is 5.10 Å². The van der Waals surface area contributed by atoms with Crippen LogP contribution in [0.1, 0.15) is 11.3 Å². The molecule has 1 aromatic carbocycles. The number of benzene rings is 1. The lowest BCUT2D eigenvalue weighted by molar-refractivity contribution is 0.251. The second-order valence-electron chi connectivity index (χ2n) is 6.53. The number of pyridine rings is 2. The standard InChI is InChI=1S/C20H18N6O3S/c1-13-7-16(5-6-21-13)26-18-12-22-19(9-15(18)11-24-26)25-20(27)23-10-14-3-2-4-17(8-14)30(28)29/h2-9,11-12H,10H2,1H3,(H,28,29)(H2,22,23,25,27)/p-1. The molecule has 30 heavy (non-hydrogen) atoms.